The molecule has 108 valence electrons. The number of ether oxygens (including phenoxy) is 3. The van der Waals surface area contributed by atoms with E-state index < -0.39 is 0 Å². The zero-order valence-corrected chi connectivity index (χ0v) is 11.9. The summed E-state index contributed by atoms with van der Waals surface area (Å²) in [6.45, 7) is 8.40. The van der Waals surface area contributed by atoms with Gasteiger partial charge in [-0.25, -0.2) is 0 Å². The van der Waals surface area contributed by atoms with Crippen molar-refractivity contribution in [2.24, 2.45) is 5.92 Å². The van der Waals surface area contributed by atoms with Gasteiger partial charge in [-0.2, -0.15) is 9.97 Å². The lowest BCUT2D eigenvalue weighted by Crippen LogP contribution is -2.12. The summed E-state index contributed by atoms with van der Waals surface area (Å²) >= 11 is 0. The lowest BCUT2D eigenvalue weighted by molar-refractivity contribution is 0.0807. The molecule has 0 saturated carbocycles. The van der Waals surface area contributed by atoms with Gasteiger partial charge in [0.2, 0.25) is 11.8 Å². The van der Waals surface area contributed by atoms with Gasteiger partial charge in [-0.3, -0.25) is 0 Å². The molecule has 19 heavy (non-hydrogen) atoms. The quantitative estimate of drug-likeness (QED) is 0.690. The maximum atomic E-state index is 5.87. The van der Waals surface area contributed by atoms with Crippen molar-refractivity contribution in [3.63, 3.8) is 0 Å². The second kappa shape index (κ2) is 8.53. The molecule has 1 aromatic heterocycles. The van der Waals surface area contributed by atoms with Crippen LogP contribution in [0.5, 0.6) is 11.8 Å². The molecule has 1 heterocycles. The van der Waals surface area contributed by atoms with Crippen LogP contribution < -0.4 is 15.2 Å². The van der Waals surface area contributed by atoms with Crippen molar-refractivity contribution in [2.45, 2.75) is 27.2 Å². The van der Waals surface area contributed by atoms with E-state index in [2.05, 4.69) is 23.8 Å². The van der Waals surface area contributed by atoms with E-state index in [0.29, 0.717) is 49.8 Å². The molecule has 0 spiro atoms. The number of nitrogens with zero attached hydrogens (tertiary/aromatic N) is 2. The number of hydrogen-bond donors (Lipinski definition) is 1. The van der Waals surface area contributed by atoms with E-state index in [1.54, 1.807) is 0 Å². The van der Waals surface area contributed by atoms with Crippen LogP contribution in [0.4, 0.5) is 5.69 Å². The fourth-order valence-electron chi connectivity index (χ4n) is 1.31. The fraction of sp³-hybridized carbons (Fsp3) is 0.692. The first kappa shape index (κ1) is 15.5. The number of rotatable bonds is 9. The highest BCUT2D eigenvalue weighted by Gasteiger charge is 2.10. The first-order chi connectivity index (χ1) is 9.15. The third-order valence-corrected chi connectivity index (χ3v) is 2.17. The van der Waals surface area contributed by atoms with Crippen LogP contribution in [0.1, 0.15) is 27.2 Å². The van der Waals surface area contributed by atoms with Gasteiger partial charge in [0.1, 0.15) is 12.9 Å². The molecule has 0 unspecified atom stereocenters. The second-order valence-corrected chi connectivity index (χ2v) is 4.56. The molecule has 0 amide bonds. The molecule has 0 radical (unpaired) electrons. The topological polar surface area (TPSA) is 79.5 Å². The Morgan fingerprint density at radius 3 is 2.32 bits per heavy atom. The van der Waals surface area contributed by atoms with Gasteiger partial charge in [0.25, 0.3) is 0 Å². The van der Waals surface area contributed by atoms with Crippen molar-refractivity contribution in [3.8, 4) is 11.8 Å². The van der Waals surface area contributed by atoms with E-state index in [9.17, 15) is 0 Å². The lowest BCUT2D eigenvalue weighted by Gasteiger charge is -2.11. The Morgan fingerprint density at radius 2 is 1.74 bits per heavy atom. The second-order valence-electron chi connectivity index (χ2n) is 4.56. The van der Waals surface area contributed by atoms with Crippen molar-refractivity contribution >= 4 is 5.69 Å². The Hall–Kier alpha value is -1.56. The molecule has 0 bridgehead atoms. The van der Waals surface area contributed by atoms with E-state index in [1.807, 2.05) is 6.92 Å². The van der Waals surface area contributed by atoms with Crippen LogP contribution in [-0.2, 0) is 4.74 Å². The summed E-state index contributed by atoms with van der Waals surface area (Å²) < 4.78 is 16.3. The van der Waals surface area contributed by atoms with Crippen molar-refractivity contribution in [1.82, 2.24) is 9.97 Å². The number of anilines is 1. The summed E-state index contributed by atoms with van der Waals surface area (Å²) in [4.78, 5) is 7.96. The van der Waals surface area contributed by atoms with Gasteiger partial charge < -0.3 is 19.9 Å². The van der Waals surface area contributed by atoms with Crippen molar-refractivity contribution in [2.75, 3.05) is 32.2 Å². The highest BCUT2D eigenvalue weighted by atomic mass is 16.5. The Kier molecular flexibility index (Phi) is 6.95. The first-order valence-corrected chi connectivity index (χ1v) is 6.59. The van der Waals surface area contributed by atoms with Crippen LogP contribution in [0.3, 0.4) is 0 Å². The average molecular weight is 269 g/mol. The van der Waals surface area contributed by atoms with Gasteiger partial charge in [-0.05, 0) is 12.3 Å². The molecule has 6 heteroatoms. The van der Waals surface area contributed by atoms with E-state index >= 15 is 0 Å². The summed E-state index contributed by atoms with van der Waals surface area (Å²) in [6.07, 6.45) is 2.27. The van der Waals surface area contributed by atoms with Crippen LogP contribution in [0.15, 0.2) is 6.33 Å². The number of aromatic nitrogens is 2. The molecular weight excluding hydrogens is 246 g/mol. The average Bonchev–Trinajstić information content (AvgIpc) is 2.38. The van der Waals surface area contributed by atoms with E-state index in [0.717, 1.165) is 6.42 Å². The van der Waals surface area contributed by atoms with Gasteiger partial charge in [0.05, 0.1) is 13.2 Å². The van der Waals surface area contributed by atoms with E-state index in [1.165, 1.54) is 6.33 Å². The van der Waals surface area contributed by atoms with Crippen LogP contribution in [0, 0.1) is 5.92 Å². The third-order valence-electron chi connectivity index (χ3n) is 2.17. The van der Waals surface area contributed by atoms with Crippen molar-refractivity contribution in [1.29, 1.82) is 0 Å². The Bertz CT molecular complexity index is 372. The largest absolute Gasteiger partial charge is 0.476 e. The van der Waals surface area contributed by atoms with Crippen LogP contribution in [-0.4, -0.2) is 36.4 Å². The van der Waals surface area contributed by atoms with E-state index in [-0.39, 0.29) is 0 Å². The molecule has 0 aliphatic heterocycles. The molecule has 6 nitrogen and oxygen atoms in total. The maximum absolute atomic E-state index is 5.87. The summed E-state index contributed by atoms with van der Waals surface area (Å²) in [6, 6.07) is 0. The Labute approximate surface area is 114 Å². The summed E-state index contributed by atoms with van der Waals surface area (Å²) in [5, 5.41) is 0. The first-order valence-electron chi connectivity index (χ1n) is 6.59. The van der Waals surface area contributed by atoms with Crippen molar-refractivity contribution < 1.29 is 14.2 Å². The smallest absolute Gasteiger partial charge is 0.244 e. The maximum Gasteiger partial charge on any atom is 0.244 e. The van der Waals surface area contributed by atoms with Gasteiger partial charge in [0.15, 0.2) is 5.69 Å². The molecule has 2 N–H and O–H groups in total. The Balaban J connectivity index is 2.40. The summed E-state index contributed by atoms with van der Waals surface area (Å²) in [7, 11) is 0. The molecule has 1 aromatic rings. The molecule has 0 aliphatic carbocycles. The van der Waals surface area contributed by atoms with Gasteiger partial charge in [-0.15, -0.1) is 0 Å². The molecule has 0 fully saturated rings. The third kappa shape index (κ3) is 5.74. The highest BCUT2D eigenvalue weighted by molar-refractivity contribution is 5.55. The van der Waals surface area contributed by atoms with Crippen LogP contribution in [0.2, 0.25) is 0 Å². The molecule has 0 aromatic carbocycles. The molecule has 1 rings (SSSR count). The lowest BCUT2D eigenvalue weighted by atomic mass is 10.2. The summed E-state index contributed by atoms with van der Waals surface area (Å²) in [5.74, 6) is 1.22. The SMILES string of the molecule is CCCOc1ncnc(OCCOCC(C)C)c1N. The highest BCUT2D eigenvalue weighted by Crippen LogP contribution is 2.26. The predicted molar refractivity (Wildman–Crippen MR) is 73.4 cm³/mol. The van der Waals surface area contributed by atoms with Crippen LogP contribution >= 0.6 is 0 Å². The number of nitrogen functional groups attached to an aromatic ring is 1. The monoisotopic (exact) mass is 269 g/mol. The minimum absolute atomic E-state index is 0.333. The van der Waals surface area contributed by atoms with Gasteiger partial charge >= 0.3 is 0 Å². The predicted octanol–water partition coefficient (Wildman–Crippen LogP) is 1.90. The minimum Gasteiger partial charge on any atom is -0.476 e. The van der Waals surface area contributed by atoms with Gasteiger partial charge in [0, 0.05) is 6.61 Å². The zero-order chi connectivity index (χ0) is 14.1. The molecular formula is C13H23N3O3. The Morgan fingerprint density at radius 1 is 1.11 bits per heavy atom. The van der Waals surface area contributed by atoms with Crippen LogP contribution in [0.25, 0.3) is 0 Å². The normalized spacial score (nSPS) is 10.7. The molecule has 0 aliphatic rings. The standard InChI is InChI=1S/C13H23N3O3/c1-4-5-18-12-11(14)13(16-9-15-12)19-7-6-17-8-10(2)3/h9-10H,4-8,14H2,1-3H3. The number of nitrogens with two attached hydrogens (primary N) is 1. The number of hydrogen-bond acceptors (Lipinski definition) is 6. The van der Waals surface area contributed by atoms with Crippen molar-refractivity contribution in [3.05, 3.63) is 6.33 Å². The summed E-state index contributed by atoms with van der Waals surface area (Å²) in [5.41, 5.74) is 6.20. The van der Waals surface area contributed by atoms with Gasteiger partial charge in [-0.1, -0.05) is 20.8 Å². The zero-order valence-electron chi connectivity index (χ0n) is 11.9. The fourth-order valence-corrected chi connectivity index (χ4v) is 1.31. The molecule has 0 saturated heterocycles. The molecule has 0 atom stereocenters. The van der Waals surface area contributed by atoms with E-state index in [4.69, 9.17) is 19.9 Å². The minimum atomic E-state index is 0.333.